The molecule has 0 amide bonds. The maximum absolute atomic E-state index is 7.55. The third-order valence-corrected chi connectivity index (χ3v) is 3.40. The molecule has 0 radical (unpaired) electrons. The van der Waals surface area contributed by atoms with Gasteiger partial charge in [-0.15, -0.1) is 0 Å². The number of allylic oxidation sites excluding steroid dienone is 1. The summed E-state index contributed by atoms with van der Waals surface area (Å²) in [6.07, 6.45) is 9.19. The molecule has 0 saturated heterocycles. The number of hydrogen-bond acceptors (Lipinski definition) is 3. The van der Waals surface area contributed by atoms with E-state index in [9.17, 15) is 0 Å². The molecule has 1 atom stereocenters. The van der Waals surface area contributed by atoms with Gasteiger partial charge < -0.3 is 10.7 Å². The van der Waals surface area contributed by atoms with Crippen molar-refractivity contribution in [1.82, 2.24) is 10.2 Å². The predicted octanol–water partition coefficient (Wildman–Crippen LogP) is 2.56. The summed E-state index contributed by atoms with van der Waals surface area (Å²) in [6, 6.07) is 1.09. The number of likely N-dealkylation sites (N-methyl/N-ethyl adjacent to an activating group) is 1. The molecule has 2 N–H and O–H groups in total. The molecule has 0 aromatic heterocycles. The summed E-state index contributed by atoms with van der Waals surface area (Å²) in [5.74, 6) is 0. The monoisotopic (exact) mass is 235 g/mol. The minimum absolute atomic E-state index is 0.356. The van der Waals surface area contributed by atoms with E-state index in [1.165, 1.54) is 24.6 Å². The first-order valence-corrected chi connectivity index (χ1v) is 6.45. The Balaban J connectivity index is 2.87. The highest BCUT2D eigenvalue weighted by atomic mass is 15.2. The SMILES string of the molecule is CC/C=C(C=N)/C(=C\NC)C(C)N(C)C1CC1. The van der Waals surface area contributed by atoms with Crippen molar-refractivity contribution in [2.75, 3.05) is 14.1 Å². The molecule has 1 saturated carbocycles. The summed E-state index contributed by atoms with van der Waals surface area (Å²) in [5.41, 5.74) is 2.24. The molecule has 1 aliphatic carbocycles. The van der Waals surface area contributed by atoms with Crippen molar-refractivity contribution < 1.29 is 0 Å². The van der Waals surface area contributed by atoms with Crippen LogP contribution in [0.2, 0.25) is 0 Å². The van der Waals surface area contributed by atoms with Gasteiger partial charge in [0, 0.05) is 31.5 Å². The van der Waals surface area contributed by atoms with Gasteiger partial charge in [-0.3, -0.25) is 4.90 Å². The van der Waals surface area contributed by atoms with E-state index in [4.69, 9.17) is 5.41 Å². The molecule has 96 valence electrons. The Morgan fingerprint density at radius 1 is 1.53 bits per heavy atom. The van der Waals surface area contributed by atoms with Gasteiger partial charge in [-0.1, -0.05) is 13.0 Å². The number of hydrogen-bond donors (Lipinski definition) is 2. The second-order valence-corrected chi connectivity index (χ2v) is 4.67. The zero-order valence-corrected chi connectivity index (χ0v) is 11.5. The van der Waals surface area contributed by atoms with Gasteiger partial charge in [0.25, 0.3) is 0 Å². The van der Waals surface area contributed by atoms with E-state index in [1.54, 1.807) is 0 Å². The lowest BCUT2D eigenvalue weighted by Crippen LogP contribution is -2.34. The molecular formula is C14H25N3. The molecule has 1 aliphatic rings. The lowest BCUT2D eigenvalue weighted by molar-refractivity contribution is 0.278. The fourth-order valence-corrected chi connectivity index (χ4v) is 2.10. The van der Waals surface area contributed by atoms with Crippen molar-refractivity contribution >= 4 is 6.21 Å². The summed E-state index contributed by atoms with van der Waals surface area (Å²) < 4.78 is 0. The van der Waals surface area contributed by atoms with Gasteiger partial charge in [0.1, 0.15) is 0 Å². The molecule has 17 heavy (non-hydrogen) atoms. The second kappa shape index (κ2) is 6.60. The normalized spacial score (nSPS) is 19.4. The summed E-state index contributed by atoms with van der Waals surface area (Å²) >= 11 is 0. The van der Waals surface area contributed by atoms with Crippen LogP contribution in [0, 0.1) is 5.41 Å². The Labute approximate surface area is 105 Å². The summed E-state index contributed by atoms with van der Waals surface area (Å²) in [7, 11) is 4.09. The lowest BCUT2D eigenvalue weighted by atomic mass is 9.99. The van der Waals surface area contributed by atoms with E-state index in [-0.39, 0.29) is 0 Å². The third kappa shape index (κ3) is 3.70. The zero-order valence-electron chi connectivity index (χ0n) is 11.5. The van der Waals surface area contributed by atoms with Gasteiger partial charge in [0.2, 0.25) is 0 Å². The van der Waals surface area contributed by atoms with Crippen molar-refractivity contribution in [1.29, 1.82) is 5.41 Å². The van der Waals surface area contributed by atoms with E-state index in [1.807, 2.05) is 13.2 Å². The van der Waals surface area contributed by atoms with Crippen molar-refractivity contribution in [3.8, 4) is 0 Å². The Morgan fingerprint density at radius 3 is 2.59 bits per heavy atom. The topological polar surface area (TPSA) is 39.1 Å². The molecule has 3 heteroatoms. The van der Waals surface area contributed by atoms with E-state index in [2.05, 4.69) is 37.2 Å². The first-order valence-electron chi connectivity index (χ1n) is 6.45. The fourth-order valence-electron chi connectivity index (χ4n) is 2.10. The van der Waals surface area contributed by atoms with Crippen LogP contribution in [-0.4, -0.2) is 37.3 Å². The molecule has 3 nitrogen and oxygen atoms in total. The molecule has 1 rings (SSSR count). The van der Waals surface area contributed by atoms with Crippen molar-refractivity contribution in [2.45, 2.75) is 45.2 Å². The van der Waals surface area contributed by atoms with Crippen LogP contribution in [0.3, 0.4) is 0 Å². The van der Waals surface area contributed by atoms with Crippen LogP contribution < -0.4 is 5.32 Å². The molecule has 0 heterocycles. The van der Waals surface area contributed by atoms with Crippen LogP contribution in [-0.2, 0) is 0 Å². The molecule has 0 bridgehead atoms. The zero-order chi connectivity index (χ0) is 12.8. The minimum atomic E-state index is 0.356. The molecule has 1 unspecified atom stereocenters. The summed E-state index contributed by atoms with van der Waals surface area (Å²) in [5, 5.41) is 10.7. The Hall–Kier alpha value is -1.09. The molecule has 0 spiro atoms. The summed E-state index contributed by atoms with van der Waals surface area (Å²) in [6.45, 7) is 4.32. The first kappa shape index (κ1) is 14.0. The average molecular weight is 235 g/mol. The maximum Gasteiger partial charge on any atom is 0.0340 e. The van der Waals surface area contributed by atoms with Gasteiger partial charge in [-0.25, -0.2) is 0 Å². The molecule has 0 aliphatic heterocycles. The fraction of sp³-hybridized carbons (Fsp3) is 0.643. The van der Waals surface area contributed by atoms with Crippen molar-refractivity contribution in [3.63, 3.8) is 0 Å². The Morgan fingerprint density at radius 2 is 2.18 bits per heavy atom. The first-order chi connectivity index (χ1) is 8.15. The van der Waals surface area contributed by atoms with Gasteiger partial charge in [-0.05, 0) is 44.4 Å². The van der Waals surface area contributed by atoms with Crippen LogP contribution in [0.5, 0.6) is 0 Å². The van der Waals surface area contributed by atoms with E-state index >= 15 is 0 Å². The van der Waals surface area contributed by atoms with Gasteiger partial charge in [0.15, 0.2) is 0 Å². The average Bonchev–Trinajstić information content (AvgIpc) is 3.16. The quantitative estimate of drug-likeness (QED) is 0.526. The van der Waals surface area contributed by atoms with Crippen LogP contribution in [0.25, 0.3) is 0 Å². The Kier molecular flexibility index (Phi) is 5.42. The standard InChI is InChI=1S/C14H25N3/c1-5-6-12(9-15)14(10-16-3)11(2)17(4)13-7-8-13/h6,9-11,13,15-16H,5,7-8H2,1-4H3/b12-6+,14-10-,15-9?. The van der Waals surface area contributed by atoms with Crippen LogP contribution >= 0.6 is 0 Å². The minimum Gasteiger partial charge on any atom is -0.394 e. The number of rotatable bonds is 7. The molecule has 1 fully saturated rings. The number of nitrogens with zero attached hydrogens (tertiary/aromatic N) is 1. The van der Waals surface area contributed by atoms with Gasteiger partial charge >= 0.3 is 0 Å². The highest BCUT2D eigenvalue weighted by molar-refractivity contribution is 5.82. The van der Waals surface area contributed by atoms with E-state index in [0.29, 0.717) is 6.04 Å². The van der Waals surface area contributed by atoms with Crippen LogP contribution in [0.1, 0.15) is 33.1 Å². The van der Waals surface area contributed by atoms with Gasteiger partial charge in [0.05, 0.1) is 0 Å². The van der Waals surface area contributed by atoms with Gasteiger partial charge in [-0.2, -0.15) is 0 Å². The van der Waals surface area contributed by atoms with E-state index < -0.39 is 0 Å². The van der Waals surface area contributed by atoms with Crippen LogP contribution in [0.4, 0.5) is 0 Å². The smallest absolute Gasteiger partial charge is 0.0340 e. The molecule has 0 aromatic rings. The third-order valence-electron chi connectivity index (χ3n) is 3.40. The van der Waals surface area contributed by atoms with Crippen LogP contribution in [0.15, 0.2) is 23.4 Å². The highest BCUT2D eigenvalue weighted by Crippen LogP contribution is 2.30. The summed E-state index contributed by atoms with van der Waals surface area (Å²) in [4.78, 5) is 2.41. The Bertz CT molecular complexity index is 313. The predicted molar refractivity (Wildman–Crippen MR) is 74.5 cm³/mol. The second-order valence-electron chi connectivity index (χ2n) is 4.67. The highest BCUT2D eigenvalue weighted by Gasteiger charge is 2.30. The molecule has 0 aromatic carbocycles. The maximum atomic E-state index is 7.55. The van der Waals surface area contributed by atoms with Crippen molar-refractivity contribution in [2.24, 2.45) is 0 Å². The number of nitrogens with one attached hydrogen (secondary N) is 2. The largest absolute Gasteiger partial charge is 0.394 e. The van der Waals surface area contributed by atoms with Crippen molar-refractivity contribution in [3.05, 3.63) is 23.4 Å². The lowest BCUT2D eigenvalue weighted by Gasteiger charge is -2.27. The van der Waals surface area contributed by atoms with E-state index in [0.717, 1.165) is 18.0 Å². The molecular weight excluding hydrogens is 210 g/mol.